The van der Waals surface area contributed by atoms with Crippen LogP contribution in [-0.2, 0) is 6.18 Å². The van der Waals surface area contributed by atoms with Crippen LogP contribution in [0.2, 0.25) is 5.02 Å². The van der Waals surface area contributed by atoms with E-state index in [0.717, 1.165) is 11.6 Å². The summed E-state index contributed by atoms with van der Waals surface area (Å²) in [6.45, 7) is 1.74. The van der Waals surface area contributed by atoms with Crippen molar-refractivity contribution >= 4 is 23.2 Å². The maximum atomic E-state index is 13.7. The summed E-state index contributed by atoms with van der Waals surface area (Å²) in [7, 11) is 0. The van der Waals surface area contributed by atoms with Crippen molar-refractivity contribution in [2.24, 2.45) is 0 Å². The van der Waals surface area contributed by atoms with E-state index in [1.165, 1.54) is 18.4 Å². The van der Waals surface area contributed by atoms with Crippen LogP contribution in [0.3, 0.4) is 0 Å². The maximum Gasteiger partial charge on any atom is 0.433 e. The van der Waals surface area contributed by atoms with Gasteiger partial charge in [0, 0.05) is 0 Å². The molecule has 0 aliphatic rings. The molecule has 1 amide bonds. The number of aromatic nitrogens is 3. The van der Waals surface area contributed by atoms with Crippen LogP contribution in [0.1, 0.15) is 34.7 Å². The van der Waals surface area contributed by atoms with Gasteiger partial charge in [0.05, 0.1) is 12.3 Å². The number of amides is 1. The molecule has 3 heterocycles. The first-order valence-corrected chi connectivity index (χ1v) is 9.19. The Morgan fingerprint density at radius 2 is 1.93 bits per heavy atom. The summed E-state index contributed by atoms with van der Waals surface area (Å²) in [6, 6.07) is 12.5. The van der Waals surface area contributed by atoms with Crippen molar-refractivity contribution in [3.05, 3.63) is 76.8 Å². The first-order valence-electron chi connectivity index (χ1n) is 8.82. The molecule has 0 bridgehead atoms. The Balaban J connectivity index is 1.78. The fraction of sp³-hybridized carbons (Fsp3) is 0.150. The largest absolute Gasteiger partial charge is 0.463 e. The lowest BCUT2D eigenvalue weighted by Gasteiger charge is -2.13. The average Bonchev–Trinajstić information content (AvgIpc) is 3.36. The van der Waals surface area contributed by atoms with E-state index < -0.39 is 23.8 Å². The van der Waals surface area contributed by atoms with Crippen LogP contribution in [0.5, 0.6) is 0 Å². The molecular weight excluding hydrogens is 421 g/mol. The molecule has 4 aromatic rings. The highest BCUT2D eigenvalue weighted by Gasteiger charge is 2.37. The number of hydrogen-bond acceptors (Lipinski definition) is 4. The molecule has 0 unspecified atom stereocenters. The molecule has 1 aromatic carbocycles. The average molecular weight is 435 g/mol. The van der Waals surface area contributed by atoms with E-state index in [2.05, 4.69) is 15.4 Å². The minimum Gasteiger partial charge on any atom is -0.463 e. The number of hydrogen-bond donors (Lipinski definition) is 1. The Hall–Kier alpha value is -3.33. The highest BCUT2D eigenvalue weighted by molar-refractivity contribution is 6.36. The number of nitrogens with one attached hydrogen (secondary N) is 1. The standard InChI is InChI=1S/C20H14ClF3N4O2/c1-11(12-6-3-2-4-7-12)25-19(29)17-16(21)18-26-13(14-8-5-9-30-14)10-15(20(22,23)24)28(18)27-17/h2-11H,1H3,(H,25,29)/t11-/m1/s1. The quantitative estimate of drug-likeness (QED) is 0.482. The lowest BCUT2D eigenvalue weighted by molar-refractivity contribution is -0.142. The molecule has 10 heteroatoms. The molecule has 30 heavy (non-hydrogen) atoms. The van der Waals surface area contributed by atoms with Crippen LogP contribution < -0.4 is 5.32 Å². The van der Waals surface area contributed by atoms with Gasteiger partial charge < -0.3 is 9.73 Å². The fourth-order valence-corrected chi connectivity index (χ4v) is 3.23. The van der Waals surface area contributed by atoms with Crippen molar-refractivity contribution in [2.75, 3.05) is 0 Å². The summed E-state index contributed by atoms with van der Waals surface area (Å²) in [4.78, 5) is 16.8. The Morgan fingerprint density at radius 3 is 2.57 bits per heavy atom. The second-order valence-corrected chi connectivity index (χ2v) is 6.88. The number of nitrogens with zero attached hydrogens (tertiary/aromatic N) is 3. The van der Waals surface area contributed by atoms with E-state index >= 15 is 0 Å². The molecule has 1 N–H and O–H groups in total. The lowest BCUT2D eigenvalue weighted by atomic mass is 10.1. The highest BCUT2D eigenvalue weighted by atomic mass is 35.5. The van der Waals surface area contributed by atoms with E-state index in [1.54, 1.807) is 6.92 Å². The SMILES string of the molecule is C[C@@H](NC(=O)c1nn2c(C(F)(F)F)cc(-c3ccco3)nc2c1Cl)c1ccccc1. The van der Waals surface area contributed by atoms with Gasteiger partial charge in [0.15, 0.2) is 22.8 Å². The summed E-state index contributed by atoms with van der Waals surface area (Å²) < 4.78 is 46.6. The zero-order chi connectivity index (χ0) is 21.5. The number of fused-ring (bicyclic) bond motifs is 1. The molecule has 0 spiro atoms. The number of carbonyl (C=O) groups excluding carboxylic acids is 1. The maximum absolute atomic E-state index is 13.7. The zero-order valence-corrected chi connectivity index (χ0v) is 16.2. The van der Waals surface area contributed by atoms with E-state index in [0.29, 0.717) is 4.52 Å². The minimum atomic E-state index is -4.76. The van der Waals surface area contributed by atoms with Gasteiger partial charge in [-0.1, -0.05) is 41.9 Å². The zero-order valence-electron chi connectivity index (χ0n) is 15.4. The number of furan rings is 1. The van der Waals surface area contributed by atoms with Gasteiger partial charge in [-0.05, 0) is 30.7 Å². The van der Waals surface area contributed by atoms with Crippen molar-refractivity contribution in [2.45, 2.75) is 19.1 Å². The van der Waals surface area contributed by atoms with Crippen LogP contribution >= 0.6 is 11.6 Å². The van der Waals surface area contributed by atoms with Crippen molar-refractivity contribution in [1.82, 2.24) is 19.9 Å². The van der Waals surface area contributed by atoms with E-state index in [-0.39, 0.29) is 27.8 Å². The summed E-state index contributed by atoms with van der Waals surface area (Å²) >= 11 is 6.23. The van der Waals surface area contributed by atoms with Gasteiger partial charge in [0.2, 0.25) is 0 Å². The Labute approximate surface area is 173 Å². The molecule has 0 aliphatic carbocycles. The van der Waals surface area contributed by atoms with Crippen molar-refractivity contribution < 1.29 is 22.4 Å². The number of carbonyl (C=O) groups is 1. The molecule has 0 fully saturated rings. The number of rotatable bonds is 4. The minimum absolute atomic E-state index is 0.0776. The van der Waals surface area contributed by atoms with Crippen LogP contribution in [0.4, 0.5) is 13.2 Å². The predicted molar refractivity (Wildman–Crippen MR) is 103 cm³/mol. The van der Waals surface area contributed by atoms with Gasteiger partial charge >= 0.3 is 6.18 Å². The first kappa shape index (κ1) is 20.0. The predicted octanol–water partition coefficient (Wildman–Crippen LogP) is 5.15. The summed E-state index contributed by atoms with van der Waals surface area (Å²) in [5.41, 5.74) is -1.04. The van der Waals surface area contributed by atoms with Crippen LogP contribution in [0, 0.1) is 0 Å². The summed E-state index contributed by atoms with van der Waals surface area (Å²) in [6.07, 6.45) is -3.45. The molecule has 4 rings (SSSR count). The second-order valence-electron chi connectivity index (χ2n) is 6.51. The molecule has 154 valence electrons. The topological polar surface area (TPSA) is 72.4 Å². The van der Waals surface area contributed by atoms with Crippen molar-refractivity contribution in [1.29, 1.82) is 0 Å². The Morgan fingerprint density at radius 1 is 1.20 bits per heavy atom. The van der Waals surface area contributed by atoms with E-state index in [1.807, 2.05) is 30.3 Å². The van der Waals surface area contributed by atoms with Gasteiger partial charge in [-0.2, -0.15) is 18.3 Å². The molecule has 1 atom stereocenters. The molecule has 6 nitrogen and oxygen atoms in total. The third-order valence-corrected chi connectivity index (χ3v) is 4.81. The summed E-state index contributed by atoms with van der Waals surface area (Å²) in [5, 5.41) is 6.21. The molecule has 0 saturated heterocycles. The van der Waals surface area contributed by atoms with Crippen LogP contribution in [0.15, 0.2) is 59.2 Å². The van der Waals surface area contributed by atoms with Gasteiger partial charge in [-0.3, -0.25) is 4.79 Å². The van der Waals surface area contributed by atoms with Gasteiger partial charge in [0.1, 0.15) is 10.7 Å². The summed E-state index contributed by atoms with van der Waals surface area (Å²) in [5.74, 6) is -0.585. The molecule has 0 aliphatic heterocycles. The van der Waals surface area contributed by atoms with Crippen molar-refractivity contribution in [3.8, 4) is 11.5 Å². The Bertz CT molecular complexity index is 1200. The second kappa shape index (κ2) is 7.49. The Kier molecular flexibility index (Phi) is 4.98. The van der Waals surface area contributed by atoms with Gasteiger partial charge in [-0.25, -0.2) is 9.50 Å². The van der Waals surface area contributed by atoms with Gasteiger partial charge in [-0.15, -0.1) is 0 Å². The van der Waals surface area contributed by atoms with E-state index in [9.17, 15) is 18.0 Å². The van der Waals surface area contributed by atoms with E-state index in [4.69, 9.17) is 16.0 Å². The molecule has 0 saturated carbocycles. The van der Waals surface area contributed by atoms with Crippen molar-refractivity contribution in [3.63, 3.8) is 0 Å². The van der Waals surface area contributed by atoms with Crippen LogP contribution in [-0.4, -0.2) is 20.5 Å². The highest BCUT2D eigenvalue weighted by Crippen LogP contribution is 2.34. The smallest absolute Gasteiger partial charge is 0.433 e. The fourth-order valence-electron chi connectivity index (χ4n) is 2.98. The first-order chi connectivity index (χ1) is 14.3. The monoisotopic (exact) mass is 434 g/mol. The lowest BCUT2D eigenvalue weighted by Crippen LogP contribution is -2.27. The third kappa shape index (κ3) is 3.63. The molecule has 0 radical (unpaired) electrons. The third-order valence-electron chi connectivity index (χ3n) is 4.46. The molecule has 3 aromatic heterocycles. The number of alkyl halides is 3. The normalized spacial score (nSPS) is 12.8. The van der Waals surface area contributed by atoms with Gasteiger partial charge in [0.25, 0.3) is 5.91 Å². The number of halogens is 4. The number of benzene rings is 1. The van der Waals surface area contributed by atoms with Crippen LogP contribution in [0.25, 0.3) is 17.1 Å². The molecular formula is C20H14ClF3N4O2.